The summed E-state index contributed by atoms with van der Waals surface area (Å²) < 4.78 is 10.7. The van der Waals surface area contributed by atoms with Crippen molar-refractivity contribution in [2.75, 3.05) is 13.2 Å². The Labute approximate surface area is 77.7 Å². The first-order valence-corrected chi connectivity index (χ1v) is 4.32. The number of aliphatic hydroxyl groups is 1. The van der Waals surface area contributed by atoms with Gasteiger partial charge in [-0.25, -0.2) is 0 Å². The Balaban J connectivity index is 2.16. The van der Waals surface area contributed by atoms with Gasteiger partial charge in [0.05, 0.1) is 6.61 Å². The maximum absolute atomic E-state index is 9.15. The zero-order valence-corrected chi connectivity index (χ0v) is 7.40. The highest BCUT2D eigenvalue weighted by Gasteiger charge is 2.60. The summed E-state index contributed by atoms with van der Waals surface area (Å²) >= 11 is 0. The van der Waals surface area contributed by atoms with E-state index in [9.17, 15) is 0 Å². The molecular formula is C7H12BNO4. The highest BCUT2D eigenvalue weighted by Crippen LogP contribution is 2.36. The summed E-state index contributed by atoms with van der Waals surface area (Å²) in [5.41, 5.74) is 1.64. The summed E-state index contributed by atoms with van der Waals surface area (Å²) in [4.78, 5) is 5.14. The predicted molar refractivity (Wildman–Crippen MR) is 43.9 cm³/mol. The van der Waals surface area contributed by atoms with Gasteiger partial charge in [0.25, 0.3) is 0 Å². The molecule has 0 spiro atoms. The van der Waals surface area contributed by atoms with Crippen LogP contribution in [0.3, 0.4) is 0 Å². The van der Waals surface area contributed by atoms with E-state index in [0.29, 0.717) is 6.61 Å². The summed E-state index contributed by atoms with van der Waals surface area (Å²) in [6.07, 6.45) is -0.676. The van der Waals surface area contributed by atoms with Gasteiger partial charge in [-0.3, -0.25) is 4.84 Å². The van der Waals surface area contributed by atoms with Crippen molar-refractivity contribution in [3.63, 3.8) is 0 Å². The molecule has 2 aliphatic rings. The smallest absolute Gasteiger partial charge is 0.192 e. The number of hydrogen-bond donors (Lipinski definition) is 2. The highest BCUT2D eigenvalue weighted by atomic mass is 16.8. The van der Waals surface area contributed by atoms with Crippen molar-refractivity contribution in [3.05, 3.63) is 0 Å². The molecule has 2 fully saturated rings. The molecule has 2 aliphatic heterocycles. The first kappa shape index (κ1) is 9.42. The molecule has 2 saturated heterocycles. The van der Waals surface area contributed by atoms with Crippen LogP contribution in [0.25, 0.3) is 0 Å². The Hall–Kier alpha value is -0.135. The average Bonchev–Trinajstić information content (AvgIpc) is 2.59. The van der Waals surface area contributed by atoms with E-state index in [-0.39, 0.29) is 18.8 Å². The van der Waals surface area contributed by atoms with Gasteiger partial charge in [0.2, 0.25) is 0 Å². The minimum absolute atomic E-state index is 0.220. The molecule has 0 aromatic rings. The Kier molecular flexibility index (Phi) is 2.33. The number of aliphatic hydroxyl groups excluding tert-OH is 1. The fourth-order valence-corrected chi connectivity index (χ4v) is 1.76. The molecule has 2 unspecified atom stereocenters. The van der Waals surface area contributed by atoms with Crippen LogP contribution in [0.15, 0.2) is 0 Å². The molecule has 2 heterocycles. The summed E-state index contributed by atoms with van der Waals surface area (Å²) in [6.45, 7) is 2.18. The number of rotatable bonds is 3. The van der Waals surface area contributed by atoms with E-state index in [0.717, 1.165) is 0 Å². The summed E-state index contributed by atoms with van der Waals surface area (Å²) in [6, 6.07) is -0.537. The summed E-state index contributed by atoms with van der Waals surface area (Å²) in [5, 5.41) is 9.15. The SMILES string of the molecule is [B][C@@H]1O[C@@]2(CO)NOC1C2OCC. The Bertz CT molecular complexity index is 205. The van der Waals surface area contributed by atoms with E-state index in [1.807, 2.05) is 6.92 Å². The van der Waals surface area contributed by atoms with Crippen molar-refractivity contribution in [1.29, 1.82) is 0 Å². The van der Waals surface area contributed by atoms with E-state index >= 15 is 0 Å². The van der Waals surface area contributed by atoms with Crippen LogP contribution in [0.1, 0.15) is 6.92 Å². The van der Waals surface area contributed by atoms with Crippen LogP contribution in [0.2, 0.25) is 0 Å². The molecule has 5 nitrogen and oxygen atoms in total. The average molecular weight is 185 g/mol. The van der Waals surface area contributed by atoms with Gasteiger partial charge >= 0.3 is 0 Å². The largest absolute Gasteiger partial charge is 0.392 e. The lowest BCUT2D eigenvalue weighted by atomic mass is 9.93. The van der Waals surface area contributed by atoms with Crippen molar-refractivity contribution in [3.8, 4) is 0 Å². The lowest BCUT2D eigenvalue weighted by Crippen LogP contribution is -2.52. The molecule has 0 saturated carbocycles. The maximum Gasteiger partial charge on any atom is 0.192 e. The second-order valence-electron chi connectivity index (χ2n) is 3.19. The van der Waals surface area contributed by atoms with Crippen LogP contribution in [0, 0.1) is 0 Å². The Morgan fingerprint density at radius 2 is 2.46 bits per heavy atom. The third-order valence-electron chi connectivity index (χ3n) is 2.38. The number of hydroxylamine groups is 1. The molecule has 2 rings (SSSR count). The quantitative estimate of drug-likeness (QED) is 0.524. The van der Waals surface area contributed by atoms with Crippen LogP contribution in [0.5, 0.6) is 0 Å². The standard InChI is InChI=1S/C7H12BNO4/c1-2-11-5-4-6(8)12-7(5,3-10)9-13-4/h4-6,9-10H,2-3H2,1H3/t4?,5?,6-,7-/m1/s1. The van der Waals surface area contributed by atoms with Gasteiger partial charge in [-0.15, -0.1) is 0 Å². The first-order chi connectivity index (χ1) is 6.23. The third-order valence-corrected chi connectivity index (χ3v) is 2.38. The lowest BCUT2D eigenvalue weighted by Gasteiger charge is -2.28. The number of ether oxygens (including phenoxy) is 2. The second kappa shape index (κ2) is 3.22. The van der Waals surface area contributed by atoms with Gasteiger partial charge in [0.15, 0.2) is 5.72 Å². The number of nitrogens with one attached hydrogen (secondary N) is 1. The molecule has 0 aromatic carbocycles. The molecule has 0 aromatic heterocycles. The van der Waals surface area contributed by atoms with E-state index in [2.05, 4.69) is 5.48 Å². The molecule has 2 radical (unpaired) electrons. The second-order valence-corrected chi connectivity index (χ2v) is 3.19. The maximum atomic E-state index is 9.15. The molecule has 0 amide bonds. The zero-order valence-electron chi connectivity index (χ0n) is 7.40. The van der Waals surface area contributed by atoms with Crippen LogP contribution < -0.4 is 5.48 Å². The highest BCUT2D eigenvalue weighted by molar-refractivity contribution is 6.11. The topological polar surface area (TPSA) is 60.0 Å². The van der Waals surface area contributed by atoms with E-state index in [1.54, 1.807) is 0 Å². The van der Waals surface area contributed by atoms with Gasteiger partial charge in [-0.1, -0.05) is 0 Å². The summed E-state index contributed by atoms with van der Waals surface area (Å²) in [7, 11) is 5.62. The van der Waals surface area contributed by atoms with Crippen molar-refractivity contribution in [2.45, 2.75) is 30.9 Å². The molecular weight excluding hydrogens is 173 g/mol. The normalized spacial score (nSPS) is 48.6. The first-order valence-electron chi connectivity index (χ1n) is 4.32. The van der Waals surface area contributed by atoms with Crippen LogP contribution in [0.4, 0.5) is 0 Å². The zero-order chi connectivity index (χ0) is 9.47. The van der Waals surface area contributed by atoms with Gasteiger partial charge in [-0.2, -0.15) is 5.48 Å². The Morgan fingerprint density at radius 1 is 1.69 bits per heavy atom. The van der Waals surface area contributed by atoms with E-state index < -0.39 is 11.7 Å². The molecule has 72 valence electrons. The molecule has 6 heteroatoms. The van der Waals surface area contributed by atoms with Crippen molar-refractivity contribution in [1.82, 2.24) is 5.48 Å². The van der Waals surface area contributed by atoms with E-state index in [1.165, 1.54) is 0 Å². The van der Waals surface area contributed by atoms with Crippen molar-refractivity contribution < 1.29 is 19.4 Å². The molecule has 13 heavy (non-hydrogen) atoms. The number of hydrogen-bond acceptors (Lipinski definition) is 5. The lowest BCUT2D eigenvalue weighted by molar-refractivity contribution is -0.197. The van der Waals surface area contributed by atoms with Gasteiger partial charge in [-0.05, 0) is 6.92 Å². The summed E-state index contributed by atoms with van der Waals surface area (Å²) in [5.74, 6) is 0. The van der Waals surface area contributed by atoms with Crippen LogP contribution in [-0.4, -0.2) is 50.1 Å². The molecule has 2 bridgehead atoms. The monoisotopic (exact) mass is 185 g/mol. The van der Waals surface area contributed by atoms with Crippen molar-refractivity contribution >= 4 is 7.85 Å². The predicted octanol–water partition coefficient (Wildman–Crippen LogP) is -1.49. The molecule has 4 atom stereocenters. The van der Waals surface area contributed by atoms with Gasteiger partial charge in [0.1, 0.15) is 20.1 Å². The fraction of sp³-hybridized carbons (Fsp3) is 1.00. The number of fused-ring (bicyclic) bond motifs is 2. The van der Waals surface area contributed by atoms with Gasteiger partial charge in [0, 0.05) is 12.6 Å². The minimum Gasteiger partial charge on any atom is -0.392 e. The molecule has 0 aliphatic carbocycles. The minimum atomic E-state index is -0.972. The van der Waals surface area contributed by atoms with Crippen LogP contribution >= 0.6 is 0 Å². The fourth-order valence-electron chi connectivity index (χ4n) is 1.76. The third kappa shape index (κ3) is 1.21. The van der Waals surface area contributed by atoms with Crippen molar-refractivity contribution in [2.24, 2.45) is 0 Å². The van der Waals surface area contributed by atoms with E-state index in [4.69, 9.17) is 27.3 Å². The van der Waals surface area contributed by atoms with Crippen LogP contribution in [-0.2, 0) is 14.3 Å². The van der Waals surface area contributed by atoms with Gasteiger partial charge < -0.3 is 14.6 Å². The molecule has 2 N–H and O–H groups in total. The Morgan fingerprint density at radius 3 is 3.00 bits per heavy atom.